The summed E-state index contributed by atoms with van der Waals surface area (Å²) in [6.07, 6.45) is 4.30. The lowest BCUT2D eigenvalue weighted by atomic mass is 9.97. The molecule has 0 unspecified atom stereocenters. The molecule has 0 aliphatic carbocycles. The molecule has 2 N–H and O–H groups in total. The first-order valence-corrected chi connectivity index (χ1v) is 8.83. The van der Waals surface area contributed by atoms with Crippen LogP contribution >= 0.6 is 0 Å². The molecule has 0 bridgehead atoms. The number of hydrogen-bond acceptors (Lipinski definition) is 5. The molecule has 7 heteroatoms. The fourth-order valence-electron chi connectivity index (χ4n) is 3.09. The fraction of sp³-hybridized carbons (Fsp3) is 1.00. The predicted octanol–water partition coefficient (Wildman–Crippen LogP) is -0.623. The van der Waals surface area contributed by atoms with E-state index in [2.05, 4.69) is 14.9 Å². The third kappa shape index (κ3) is 4.39. The van der Waals surface area contributed by atoms with Crippen molar-refractivity contribution in [3.8, 4) is 0 Å². The maximum atomic E-state index is 11.4. The molecule has 2 aliphatic rings. The van der Waals surface area contributed by atoms with Crippen molar-refractivity contribution in [2.24, 2.45) is 0 Å². The van der Waals surface area contributed by atoms with Crippen molar-refractivity contribution in [2.75, 3.05) is 39.5 Å². The monoisotopic (exact) mass is 291 g/mol. The lowest BCUT2D eigenvalue weighted by molar-refractivity contribution is -0.00756. The first-order chi connectivity index (χ1) is 8.99. The Morgan fingerprint density at radius 3 is 2.53 bits per heavy atom. The highest BCUT2D eigenvalue weighted by atomic mass is 32.2. The van der Waals surface area contributed by atoms with E-state index in [4.69, 9.17) is 4.74 Å². The van der Waals surface area contributed by atoms with Crippen molar-refractivity contribution >= 4 is 10.0 Å². The first-order valence-electron chi connectivity index (χ1n) is 6.94. The Morgan fingerprint density at radius 1 is 1.26 bits per heavy atom. The molecule has 19 heavy (non-hydrogen) atoms. The zero-order valence-electron chi connectivity index (χ0n) is 11.8. The molecule has 0 radical (unpaired) electrons. The van der Waals surface area contributed by atoms with Gasteiger partial charge in [0.15, 0.2) is 0 Å². The van der Waals surface area contributed by atoms with Gasteiger partial charge in [-0.1, -0.05) is 0 Å². The van der Waals surface area contributed by atoms with Gasteiger partial charge >= 0.3 is 0 Å². The Hall–Kier alpha value is -0.210. The molecule has 2 rings (SSSR count). The number of ether oxygens (including phenoxy) is 1. The number of methoxy groups -OCH3 is 1. The normalized spacial score (nSPS) is 31.5. The molecular weight excluding hydrogens is 266 g/mol. The van der Waals surface area contributed by atoms with Gasteiger partial charge in [-0.15, -0.1) is 0 Å². The molecule has 0 spiro atoms. The summed E-state index contributed by atoms with van der Waals surface area (Å²) in [5.41, 5.74) is 0. The summed E-state index contributed by atoms with van der Waals surface area (Å²) in [7, 11) is -1.51. The van der Waals surface area contributed by atoms with Crippen LogP contribution in [0.4, 0.5) is 0 Å². The van der Waals surface area contributed by atoms with E-state index in [-0.39, 0.29) is 12.1 Å². The molecule has 0 amide bonds. The van der Waals surface area contributed by atoms with Crippen LogP contribution in [0.15, 0.2) is 0 Å². The van der Waals surface area contributed by atoms with Crippen molar-refractivity contribution in [3.05, 3.63) is 0 Å². The van der Waals surface area contributed by atoms with Gasteiger partial charge in [0, 0.05) is 26.2 Å². The van der Waals surface area contributed by atoms with Crippen LogP contribution in [-0.4, -0.2) is 71.0 Å². The van der Waals surface area contributed by atoms with Gasteiger partial charge in [0.25, 0.3) is 0 Å². The minimum atomic E-state index is -3.17. The Morgan fingerprint density at radius 2 is 1.95 bits per heavy atom. The molecule has 112 valence electrons. The largest absolute Gasteiger partial charge is 0.378 e. The van der Waals surface area contributed by atoms with Gasteiger partial charge in [0.1, 0.15) is 0 Å². The van der Waals surface area contributed by atoms with Crippen LogP contribution in [0, 0.1) is 0 Å². The van der Waals surface area contributed by atoms with Crippen LogP contribution in [0.25, 0.3) is 0 Å². The minimum Gasteiger partial charge on any atom is -0.378 e. The van der Waals surface area contributed by atoms with E-state index in [1.807, 2.05) is 0 Å². The predicted molar refractivity (Wildman–Crippen MR) is 74.6 cm³/mol. The quantitative estimate of drug-likeness (QED) is 0.722. The second kappa shape index (κ2) is 6.49. The lowest BCUT2D eigenvalue weighted by Gasteiger charge is -2.42. The molecule has 2 fully saturated rings. The molecule has 0 aromatic carbocycles. The van der Waals surface area contributed by atoms with Crippen LogP contribution in [0.1, 0.15) is 19.3 Å². The molecule has 2 aliphatic heterocycles. The molecule has 2 heterocycles. The number of hydrogen-bond donors (Lipinski definition) is 2. The summed E-state index contributed by atoms with van der Waals surface area (Å²) >= 11 is 0. The molecule has 0 aromatic heterocycles. The summed E-state index contributed by atoms with van der Waals surface area (Å²) in [5, 5.41) is 3.37. The van der Waals surface area contributed by atoms with Gasteiger partial charge in [-0.2, -0.15) is 0 Å². The van der Waals surface area contributed by atoms with E-state index in [1.165, 1.54) is 19.1 Å². The van der Waals surface area contributed by atoms with E-state index >= 15 is 0 Å². The fourth-order valence-corrected chi connectivity index (χ4v) is 3.91. The van der Waals surface area contributed by atoms with Crippen molar-refractivity contribution in [2.45, 2.75) is 37.5 Å². The van der Waals surface area contributed by atoms with Crippen molar-refractivity contribution in [1.29, 1.82) is 0 Å². The molecular formula is C12H25N3O3S. The average molecular weight is 291 g/mol. The van der Waals surface area contributed by atoms with Crippen LogP contribution in [0.2, 0.25) is 0 Å². The zero-order valence-corrected chi connectivity index (χ0v) is 12.6. The van der Waals surface area contributed by atoms with Gasteiger partial charge in [0.05, 0.1) is 18.4 Å². The van der Waals surface area contributed by atoms with E-state index in [0.29, 0.717) is 6.04 Å². The minimum absolute atomic E-state index is 0.0571. The van der Waals surface area contributed by atoms with E-state index in [1.54, 1.807) is 7.11 Å². The average Bonchev–Trinajstić information content (AvgIpc) is 2.38. The molecule has 0 aromatic rings. The SMILES string of the molecule is CO[C@@H]1CN(C2CCNCC2)CC[C@H]1NS(C)(=O)=O. The van der Waals surface area contributed by atoms with E-state index < -0.39 is 10.0 Å². The maximum Gasteiger partial charge on any atom is 0.209 e. The summed E-state index contributed by atoms with van der Waals surface area (Å²) in [6.45, 7) is 3.90. The highest BCUT2D eigenvalue weighted by molar-refractivity contribution is 7.88. The Bertz CT molecular complexity index is 382. The molecule has 2 saturated heterocycles. The van der Waals surface area contributed by atoms with E-state index in [9.17, 15) is 8.42 Å². The second-order valence-corrected chi connectivity index (χ2v) is 7.32. The third-order valence-corrected chi connectivity index (χ3v) is 4.81. The summed E-state index contributed by atoms with van der Waals surface area (Å²) in [5.74, 6) is 0. The van der Waals surface area contributed by atoms with Crippen molar-refractivity contribution < 1.29 is 13.2 Å². The Balaban J connectivity index is 1.93. The number of likely N-dealkylation sites (tertiary alicyclic amines) is 1. The number of nitrogens with zero attached hydrogens (tertiary/aromatic N) is 1. The molecule has 2 atom stereocenters. The summed E-state index contributed by atoms with van der Waals surface area (Å²) < 4.78 is 30.9. The first kappa shape index (κ1) is 15.2. The second-order valence-electron chi connectivity index (χ2n) is 5.54. The van der Waals surface area contributed by atoms with Gasteiger partial charge in [0.2, 0.25) is 10.0 Å². The zero-order chi connectivity index (χ0) is 13.9. The third-order valence-electron chi connectivity index (χ3n) is 4.08. The van der Waals surface area contributed by atoms with Crippen LogP contribution in [0.5, 0.6) is 0 Å². The highest BCUT2D eigenvalue weighted by Gasteiger charge is 2.34. The number of piperidine rings is 2. The Labute approximate surface area is 115 Å². The standard InChI is InChI=1S/C12H25N3O3S/c1-18-12-9-15(10-3-6-13-7-4-10)8-5-11(12)14-19(2,16)17/h10-14H,3-9H2,1-2H3/t11-,12-/m1/s1. The van der Waals surface area contributed by atoms with Gasteiger partial charge < -0.3 is 10.1 Å². The number of nitrogens with one attached hydrogen (secondary N) is 2. The van der Waals surface area contributed by atoms with E-state index in [0.717, 1.165) is 32.6 Å². The Kier molecular flexibility index (Phi) is 5.19. The van der Waals surface area contributed by atoms with Crippen LogP contribution in [-0.2, 0) is 14.8 Å². The number of rotatable bonds is 4. The van der Waals surface area contributed by atoms with Gasteiger partial charge in [-0.25, -0.2) is 13.1 Å². The molecule has 0 saturated carbocycles. The van der Waals surface area contributed by atoms with Crippen LogP contribution in [0.3, 0.4) is 0 Å². The lowest BCUT2D eigenvalue weighted by Crippen LogP contribution is -2.57. The summed E-state index contributed by atoms with van der Waals surface area (Å²) in [4.78, 5) is 2.45. The smallest absolute Gasteiger partial charge is 0.209 e. The topological polar surface area (TPSA) is 70.7 Å². The van der Waals surface area contributed by atoms with Crippen molar-refractivity contribution in [1.82, 2.24) is 14.9 Å². The summed E-state index contributed by atoms with van der Waals surface area (Å²) in [6, 6.07) is 0.510. The number of sulfonamides is 1. The highest BCUT2D eigenvalue weighted by Crippen LogP contribution is 2.20. The van der Waals surface area contributed by atoms with Gasteiger partial charge in [-0.05, 0) is 32.4 Å². The maximum absolute atomic E-state index is 11.4. The molecule has 6 nitrogen and oxygen atoms in total. The van der Waals surface area contributed by atoms with Crippen molar-refractivity contribution in [3.63, 3.8) is 0 Å². The van der Waals surface area contributed by atoms with Crippen LogP contribution < -0.4 is 10.0 Å². The van der Waals surface area contributed by atoms with Gasteiger partial charge in [-0.3, -0.25) is 4.90 Å².